The zero-order valence-electron chi connectivity index (χ0n) is 14.3. The minimum Gasteiger partial charge on any atom is -0.452 e. The van der Waals surface area contributed by atoms with Crippen LogP contribution in [0.3, 0.4) is 0 Å². The van der Waals surface area contributed by atoms with Crippen molar-refractivity contribution in [3.05, 3.63) is 64.9 Å². The topological polar surface area (TPSA) is 55.4 Å². The lowest BCUT2D eigenvalue weighted by atomic mass is 10.1. The van der Waals surface area contributed by atoms with E-state index in [1.165, 1.54) is 16.6 Å². The van der Waals surface area contributed by atoms with Crippen LogP contribution in [0.25, 0.3) is 10.8 Å². The summed E-state index contributed by atoms with van der Waals surface area (Å²) >= 11 is 3.14. The van der Waals surface area contributed by atoms with Crippen molar-refractivity contribution in [2.75, 3.05) is 11.1 Å². The molecule has 1 aromatic heterocycles. The summed E-state index contributed by atoms with van der Waals surface area (Å²) in [5.74, 6) is 0.278. The normalized spacial score (nSPS) is 11.9. The number of hydrogen-bond donors (Lipinski definition) is 1. The van der Waals surface area contributed by atoms with E-state index >= 15 is 0 Å². The second-order valence-electron chi connectivity index (χ2n) is 5.76. The Morgan fingerprint density at radius 1 is 1.12 bits per heavy atom. The fraction of sp³-hybridized carbons (Fsp3) is 0.200. The van der Waals surface area contributed by atoms with Gasteiger partial charge in [-0.3, -0.25) is 9.59 Å². The highest BCUT2D eigenvalue weighted by atomic mass is 32.2. The van der Waals surface area contributed by atoms with Crippen molar-refractivity contribution >= 4 is 51.4 Å². The van der Waals surface area contributed by atoms with Crippen molar-refractivity contribution in [1.82, 2.24) is 0 Å². The first-order valence-electron chi connectivity index (χ1n) is 8.21. The predicted molar refractivity (Wildman–Crippen MR) is 109 cm³/mol. The fourth-order valence-electron chi connectivity index (χ4n) is 2.43. The van der Waals surface area contributed by atoms with E-state index in [0.717, 1.165) is 16.5 Å². The predicted octanol–water partition coefficient (Wildman–Crippen LogP) is 4.70. The molecule has 6 heteroatoms. The van der Waals surface area contributed by atoms with Gasteiger partial charge in [-0.1, -0.05) is 36.4 Å². The molecule has 0 spiro atoms. The summed E-state index contributed by atoms with van der Waals surface area (Å²) in [4.78, 5) is 25.4. The van der Waals surface area contributed by atoms with E-state index < -0.39 is 6.10 Å². The van der Waals surface area contributed by atoms with Crippen LogP contribution < -0.4 is 5.32 Å². The van der Waals surface area contributed by atoms with E-state index in [1.807, 2.05) is 60.0 Å². The maximum atomic E-state index is 12.3. The fourth-order valence-corrected chi connectivity index (χ4v) is 4.07. The van der Waals surface area contributed by atoms with Gasteiger partial charge in [0, 0.05) is 16.3 Å². The van der Waals surface area contributed by atoms with E-state index in [4.69, 9.17) is 4.74 Å². The molecule has 26 heavy (non-hydrogen) atoms. The third-order valence-electron chi connectivity index (χ3n) is 3.74. The lowest BCUT2D eigenvalue weighted by Gasteiger charge is -2.14. The number of anilines is 1. The molecular weight excluding hydrogens is 366 g/mol. The molecule has 0 saturated carbocycles. The molecular formula is C20H19NO3S2. The van der Waals surface area contributed by atoms with Gasteiger partial charge in [-0.2, -0.15) is 0 Å². The summed E-state index contributed by atoms with van der Waals surface area (Å²) in [5.41, 5.74) is 0.684. The van der Waals surface area contributed by atoms with Gasteiger partial charge in [-0.15, -0.1) is 23.1 Å². The van der Waals surface area contributed by atoms with Crippen LogP contribution in [0.15, 0.2) is 60.0 Å². The third-order valence-corrected chi connectivity index (χ3v) is 5.75. The number of benzene rings is 2. The number of esters is 1. The monoisotopic (exact) mass is 385 g/mol. The molecule has 0 aliphatic rings. The quantitative estimate of drug-likeness (QED) is 0.599. The minimum absolute atomic E-state index is 0.228. The zero-order chi connectivity index (χ0) is 18.4. The van der Waals surface area contributed by atoms with Crippen molar-refractivity contribution in [2.45, 2.75) is 18.8 Å². The van der Waals surface area contributed by atoms with E-state index in [-0.39, 0.29) is 17.6 Å². The Bertz CT molecular complexity index is 893. The molecule has 0 aliphatic heterocycles. The molecule has 0 unspecified atom stereocenters. The van der Waals surface area contributed by atoms with Gasteiger partial charge < -0.3 is 10.1 Å². The van der Waals surface area contributed by atoms with Gasteiger partial charge in [-0.25, -0.2) is 0 Å². The van der Waals surface area contributed by atoms with E-state index in [2.05, 4.69) is 5.32 Å². The Morgan fingerprint density at radius 3 is 2.69 bits per heavy atom. The number of hydrogen-bond acceptors (Lipinski definition) is 5. The van der Waals surface area contributed by atoms with E-state index in [9.17, 15) is 9.59 Å². The third kappa shape index (κ3) is 5.09. The van der Waals surface area contributed by atoms with Crippen LogP contribution in [-0.2, 0) is 20.1 Å². The second-order valence-corrected chi connectivity index (χ2v) is 7.77. The molecule has 2 aromatic carbocycles. The summed E-state index contributed by atoms with van der Waals surface area (Å²) in [6.07, 6.45) is -0.837. The van der Waals surface area contributed by atoms with Crippen molar-refractivity contribution < 1.29 is 14.3 Å². The van der Waals surface area contributed by atoms with Crippen molar-refractivity contribution in [1.29, 1.82) is 0 Å². The summed E-state index contributed by atoms with van der Waals surface area (Å²) in [6.45, 7) is 1.58. The molecule has 0 fully saturated rings. The van der Waals surface area contributed by atoms with Crippen LogP contribution in [-0.4, -0.2) is 23.7 Å². The molecule has 4 nitrogen and oxygen atoms in total. The first kappa shape index (κ1) is 18.5. The standard InChI is InChI=1S/C20H19NO3S2/c1-14(24-19(22)13-25-12-18-7-4-10-26-18)20(23)21-17-9-8-15-5-2-3-6-16(15)11-17/h2-11,14H,12-13H2,1H3,(H,21,23)/t14-/m1/s1. The number of nitrogens with one attached hydrogen (secondary N) is 1. The molecule has 1 atom stereocenters. The maximum absolute atomic E-state index is 12.3. The Hall–Kier alpha value is -2.31. The van der Waals surface area contributed by atoms with Gasteiger partial charge >= 0.3 is 5.97 Å². The van der Waals surface area contributed by atoms with Crippen LogP contribution in [0, 0.1) is 0 Å². The highest BCUT2D eigenvalue weighted by Gasteiger charge is 2.18. The van der Waals surface area contributed by atoms with Gasteiger partial charge in [0.25, 0.3) is 5.91 Å². The van der Waals surface area contributed by atoms with Crippen LogP contribution in [0.4, 0.5) is 5.69 Å². The molecule has 1 N–H and O–H groups in total. The molecule has 134 valence electrons. The average molecular weight is 386 g/mol. The zero-order valence-corrected chi connectivity index (χ0v) is 15.9. The summed E-state index contributed by atoms with van der Waals surface area (Å²) in [5, 5.41) is 6.95. The molecule has 0 saturated heterocycles. The second kappa shape index (κ2) is 8.87. The van der Waals surface area contributed by atoms with Crippen LogP contribution in [0.1, 0.15) is 11.8 Å². The molecule has 1 amide bonds. The largest absolute Gasteiger partial charge is 0.452 e. The maximum Gasteiger partial charge on any atom is 0.316 e. The Labute approximate surface area is 160 Å². The SMILES string of the molecule is C[C@@H](OC(=O)CSCc1cccs1)C(=O)Nc1ccc2ccccc2c1. The molecule has 0 radical (unpaired) electrons. The molecule has 0 bridgehead atoms. The van der Waals surface area contributed by atoms with Crippen molar-refractivity contribution in [3.8, 4) is 0 Å². The summed E-state index contributed by atoms with van der Waals surface area (Å²) in [7, 11) is 0. The lowest BCUT2D eigenvalue weighted by Crippen LogP contribution is -2.30. The number of fused-ring (bicyclic) bond motifs is 1. The average Bonchev–Trinajstić information content (AvgIpc) is 3.15. The van der Waals surface area contributed by atoms with Crippen molar-refractivity contribution in [3.63, 3.8) is 0 Å². The number of carbonyl (C=O) groups is 2. The number of thioether (sulfide) groups is 1. The Kier molecular flexibility index (Phi) is 6.30. The molecule has 0 aliphatic carbocycles. The van der Waals surface area contributed by atoms with Crippen LogP contribution in [0.2, 0.25) is 0 Å². The van der Waals surface area contributed by atoms with E-state index in [1.54, 1.807) is 18.3 Å². The van der Waals surface area contributed by atoms with Crippen LogP contribution >= 0.6 is 23.1 Å². The van der Waals surface area contributed by atoms with Crippen molar-refractivity contribution in [2.24, 2.45) is 0 Å². The van der Waals surface area contributed by atoms with Crippen LogP contribution in [0.5, 0.6) is 0 Å². The first-order chi connectivity index (χ1) is 12.6. The van der Waals surface area contributed by atoms with Gasteiger partial charge in [-0.05, 0) is 41.3 Å². The molecule has 3 aromatic rings. The van der Waals surface area contributed by atoms with Gasteiger partial charge in [0.1, 0.15) is 0 Å². The Morgan fingerprint density at radius 2 is 1.92 bits per heavy atom. The van der Waals surface area contributed by atoms with Gasteiger partial charge in [0.05, 0.1) is 5.75 Å². The highest BCUT2D eigenvalue weighted by molar-refractivity contribution is 7.99. The minimum atomic E-state index is -0.837. The van der Waals surface area contributed by atoms with E-state index in [0.29, 0.717) is 5.69 Å². The molecule has 1 heterocycles. The van der Waals surface area contributed by atoms with Gasteiger partial charge in [0.15, 0.2) is 6.10 Å². The lowest BCUT2D eigenvalue weighted by molar-refractivity contribution is -0.150. The molecule has 3 rings (SSSR count). The Balaban J connectivity index is 1.47. The summed E-state index contributed by atoms with van der Waals surface area (Å²) in [6, 6.07) is 17.6. The van der Waals surface area contributed by atoms with Gasteiger partial charge in [0.2, 0.25) is 0 Å². The number of thiophene rings is 1. The number of rotatable bonds is 7. The smallest absolute Gasteiger partial charge is 0.316 e. The highest BCUT2D eigenvalue weighted by Crippen LogP contribution is 2.20. The number of amides is 1. The number of carbonyl (C=O) groups excluding carboxylic acids is 2. The summed E-state index contributed by atoms with van der Waals surface area (Å²) < 4.78 is 5.22. The first-order valence-corrected chi connectivity index (χ1v) is 10.2. The number of ether oxygens (including phenoxy) is 1.